The van der Waals surface area contributed by atoms with Crippen LogP contribution in [0.4, 0.5) is 13.2 Å². The number of aliphatic imine (C=N–C) groups is 1. The van der Waals surface area contributed by atoms with Crippen molar-refractivity contribution in [3.63, 3.8) is 0 Å². The highest BCUT2D eigenvalue weighted by Gasteiger charge is 2.34. The molecule has 7 nitrogen and oxygen atoms in total. The number of amides is 1. The molecule has 1 aromatic carbocycles. The van der Waals surface area contributed by atoms with E-state index in [-0.39, 0.29) is 59.7 Å². The number of aromatic nitrogens is 1. The number of nitrogens with two attached hydrogens (primary N) is 1. The molecule has 30 heavy (non-hydrogen) atoms. The number of likely N-dealkylation sites (N-methyl/N-ethyl adjacent to an activating group) is 1. The number of guanidine groups is 1. The van der Waals surface area contributed by atoms with E-state index in [0.29, 0.717) is 6.54 Å². The zero-order valence-corrected chi connectivity index (χ0v) is 18.4. The molecule has 2 aromatic rings. The SMILES string of the molecule is CCN(CC)CCOc1cc(C(F)(F)F)c2cc(C(=O)N=C(N)NC)[nH]c2c1.Cl.Cl. The van der Waals surface area contributed by atoms with E-state index in [1.54, 1.807) is 0 Å². The van der Waals surface area contributed by atoms with Gasteiger partial charge in [0.2, 0.25) is 0 Å². The number of alkyl halides is 3. The van der Waals surface area contributed by atoms with Crippen molar-refractivity contribution in [1.82, 2.24) is 15.2 Å². The lowest BCUT2D eigenvalue weighted by molar-refractivity contribution is -0.136. The number of H-pyrrole nitrogens is 1. The Morgan fingerprint density at radius 2 is 1.87 bits per heavy atom. The topological polar surface area (TPSA) is 95.7 Å². The molecule has 0 aliphatic carbocycles. The van der Waals surface area contributed by atoms with E-state index in [4.69, 9.17) is 10.5 Å². The van der Waals surface area contributed by atoms with Gasteiger partial charge in [0.1, 0.15) is 18.1 Å². The molecule has 1 aromatic heterocycles. The second-order valence-corrected chi connectivity index (χ2v) is 6.04. The van der Waals surface area contributed by atoms with Crippen LogP contribution in [-0.4, -0.2) is 55.0 Å². The van der Waals surface area contributed by atoms with Crippen LogP contribution in [0.5, 0.6) is 5.75 Å². The van der Waals surface area contributed by atoms with E-state index >= 15 is 0 Å². The molecule has 12 heteroatoms. The lowest BCUT2D eigenvalue weighted by Gasteiger charge is -2.18. The van der Waals surface area contributed by atoms with E-state index < -0.39 is 17.6 Å². The Bertz CT molecular complexity index is 867. The zero-order chi connectivity index (χ0) is 20.9. The number of benzene rings is 1. The van der Waals surface area contributed by atoms with Gasteiger partial charge in [-0.3, -0.25) is 4.79 Å². The van der Waals surface area contributed by atoms with E-state index in [1.165, 1.54) is 13.1 Å². The fourth-order valence-electron chi connectivity index (χ4n) is 2.70. The number of rotatable bonds is 7. The number of ether oxygens (including phenoxy) is 1. The molecule has 0 fully saturated rings. The Hall–Kier alpha value is -2.17. The van der Waals surface area contributed by atoms with E-state index in [9.17, 15) is 18.0 Å². The summed E-state index contributed by atoms with van der Waals surface area (Å²) >= 11 is 0. The minimum absolute atomic E-state index is 0. The fourth-order valence-corrected chi connectivity index (χ4v) is 2.70. The number of fused-ring (bicyclic) bond motifs is 1. The standard InChI is InChI=1S/C18H24F3N5O2.2ClH/c1-4-26(5-2)6-7-28-11-8-13(18(19,20)21)12-10-15(24-14(12)9-11)16(27)25-17(22)23-3;;/h8-10,24H,4-7H2,1-3H3,(H3,22,23,25,27);2*1H. The molecule has 0 saturated heterocycles. The summed E-state index contributed by atoms with van der Waals surface area (Å²) in [6.45, 7) is 6.49. The maximum atomic E-state index is 13.5. The van der Waals surface area contributed by atoms with Gasteiger partial charge in [0.25, 0.3) is 5.91 Å². The van der Waals surface area contributed by atoms with Crippen molar-refractivity contribution in [3.8, 4) is 5.75 Å². The van der Waals surface area contributed by atoms with Crippen LogP contribution >= 0.6 is 24.8 Å². The minimum Gasteiger partial charge on any atom is -0.492 e. The summed E-state index contributed by atoms with van der Waals surface area (Å²) in [6.07, 6.45) is -4.60. The summed E-state index contributed by atoms with van der Waals surface area (Å²) in [5.74, 6) is -0.841. The number of nitrogens with one attached hydrogen (secondary N) is 2. The number of aromatic amines is 1. The molecular weight excluding hydrogens is 446 g/mol. The van der Waals surface area contributed by atoms with Crippen LogP contribution in [0.15, 0.2) is 23.2 Å². The number of hydrogen-bond donors (Lipinski definition) is 3. The van der Waals surface area contributed by atoms with Gasteiger partial charge in [0, 0.05) is 25.0 Å². The summed E-state index contributed by atoms with van der Waals surface area (Å²) in [5, 5.41) is 2.34. The van der Waals surface area contributed by atoms with Gasteiger partial charge in [-0.1, -0.05) is 13.8 Å². The summed E-state index contributed by atoms with van der Waals surface area (Å²) < 4.78 is 46.1. The normalized spacial score (nSPS) is 11.8. The minimum atomic E-state index is -4.60. The van der Waals surface area contributed by atoms with Crippen molar-refractivity contribution in [1.29, 1.82) is 0 Å². The molecule has 0 spiro atoms. The molecule has 1 heterocycles. The predicted octanol–water partition coefficient (Wildman–Crippen LogP) is 3.43. The van der Waals surface area contributed by atoms with Gasteiger partial charge in [-0.2, -0.15) is 18.2 Å². The highest BCUT2D eigenvalue weighted by Crippen LogP contribution is 2.38. The molecule has 0 bridgehead atoms. The van der Waals surface area contributed by atoms with Gasteiger partial charge in [-0.25, -0.2) is 0 Å². The van der Waals surface area contributed by atoms with E-state index in [0.717, 1.165) is 25.2 Å². The van der Waals surface area contributed by atoms with Crippen molar-refractivity contribution >= 4 is 47.6 Å². The van der Waals surface area contributed by atoms with Crippen molar-refractivity contribution in [2.45, 2.75) is 20.0 Å². The Morgan fingerprint density at radius 3 is 2.40 bits per heavy atom. The van der Waals surface area contributed by atoms with Gasteiger partial charge in [-0.15, -0.1) is 24.8 Å². The van der Waals surface area contributed by atoms with Crippen LogP contribution in [0.1, 0.15) is 29.9 Å². The van der Waals surface area contributed by atoms with Crippen LogP contribution in [-0.2, 0) is 6.18 Å². The van der Waals surface area contributed by atoms with Crippen molar-refractivity contribution in [2.75, 3.05) is 33.3 Å². The lowest BCUT2D eigenvalue weighted by Crippen LogP contribution is -2.28. The van der Waals surface area contributed by atoms with Crippen molar-refractivity contribution < 1.29 is 22.7 Å². The third-order valence-corrected chi connectivity index (χ3v) is 4.30. The number of hydrogen-bond acceptors (Lipinski definition) is 3. The quantitative estimate of drug-likeness (QED) is 0.424. The number of carbonyl (C=O) groups is 1. The summed E-state index contributed by atoms with van der Waals surface area (Å²) in [5.41, 5.74) is 4.58. The van der Waals surface area contributed by atoms with Crippen molar-refractivity contribution in [2.24, 2.45) is 10.7 Å². The Morgan fingerprint density at radius 1 is 1.23 bits per heavy atom. The highest BCUT2D eigenvalue weighted by molar-refractivity contribution is 6.04. The summed E-state index contributed by atoms with van der Waals surface area (Å²) in [4.78, 5) is 20.4. The first-order valence-corrected chi connectivity index (χ1v) is 8.84. The Kier molecular flexibility index (Phi) is 11.0. The Balaban J connectivity index is 0.00000420. The molecule has 0 unspecified atom stereocenters. The maximum Gasteiger partial charge on any atom is 0.417 e. The third kappa shape index (κ3) is 6.96. The Labute approximate surface area is 185 Å². The van der Waals surface area contributed by atoms with Gasteiger partial charge < -0.3 is 25.7 Å². The van der Waals surface area contributed by atoms with Crippen molar-refractivity contribution in [3.05, 3.63) is 29.5 Å². The number of carbonyl (C=O) groups excluding carboxylic acids is 1. The molecule has 0 aliphatic heterocycles. The van der Waals surface area contributed by atoms with Gasteiger partial charge in [0.15, 0.2) is 5.96 Å². The second kappa shape index (κ2) is 11.9. The van der Waals surface area contributed by atoms with Gasteiger partial charge in [0.05, 0.1) is 11.1 Å². The second-order valence-electron chi connectivity index (χ2n) is 6.04. The monoisotopic (exact) mass is 471 g/mol. The molecule has 0 atom stereocenters. The van der Waals surface area contributed by atoms with Crippen LogP contribution in [0.3, 0.4) is 0 Å². The lowest BCUT2D eigenvalue weighted by atomic mass is 10.1. The highest BCUT2D eigenvalue weighted by atomic mass is 35.5. The maximum absolute atomic E-state index is 13.5. The molecule has 0 aliphatic rings. The summed E-state index contributed by atoms with van der Waals surface area (Å²) in [6, 6.07) is 3.50. The van der Waals surface area contributed by atoms with E-state index in [1.807, 2.05) is 13.8 Å². The van der Waals surface area contributed by atoms with Gasteiger partial charge >= 0.3 is 6.18 Å². The molecule has 1 amide bonds. The summed E-state index contributed by atoms with van der Waals surface area (Å²) in [7, 11) is 1.47. The van der Waals surface area contributed by atoms with Crippen LogP contribution in [0.25, 0.3) is 10.9 Å². The predicted molar refractivity (Wildman–Crippen MR) is 116 cm³/mol. The van der Waals surface area contributed by atoms with Crippen LogP contribution in [0.2, 0.25) is 0 Å². The van der Waals surface area contributed by atoms with Gasteiger partial charge in [-0.05, 0) is 25.2 Å². The molecule has 4 N–H and O–H groups in total. The third-order valence-electron chi connectivity index (χ3n) is 4.30. The first-order valence-electron chi connectivity index (χ1n) is 8.84. The van der Waals surface area contributed by atoms with Crippen LogP contribution < -0.4 is 15.8 Å². The first-order chi connectivity index (χ1) is 13.2. The average molecular weight is 472 g/mol. The average Bonchev–Trinajstić information content (AvgIpc) is 3.07. The molecule has 170 valence electrons. The molecule has 0 saturated carbocycles. The van der Waals surface area contributed by atoms with Crippen LogP contribution in [0, 0.1) is 0 Å². The molecule has 0 radical (unpaired) electrons. The number of halogens is 5. The van der Waals surface area contributed by atoms with E-state index in [2.05, 4.69) is 20.2 Å². The smallest absolute Gasteiger partial charge is 0.417 e. The molecular formula is C18H26Cl2F3N5O2. The molecule has 2 rings (SSSR count). The zero-order valence-electron chi connectivity index (χ0n) is 16.8. The largest absolute Gasteiger partial charge is 0.492 e. The first kappa shape index (κ1) is 27.8. The number of nitrogens with zero attached hydrogens (tertiary/aromatic N) is 2. The fraction of sp³-hybridized carbons (Fsp3) is 0.444.